The molecule has 0 aliphatic carbocycles. The van der Waals surface area contributed by atoms with E-state index < -0.39 is 0 Å². The van der Waals surface area contributed by atoms with Crippen LogP contribution in [-0.4, -0.2) is 26.1 Å². The molecule has 3 aromatic rings. The highest BCUT2D eigenvalue weighted by atomic mass is 16.1. The number of carbonyl (C=O) groups excluding carboxylic acids is 1. The minimum atomic E-state index is -0.143. The molecule has 1 amide bonds. The molecule has 110 valence electrons. The molecule has 0 fully saturated rings. The van der Waals surface area contributed by atoms with Crippen molar-refractivity contribution in [2.45, 2.75) is 13.8 Å². The van der Waals surface area contributed by atoms with Crippen LogP contribution in [0.1, 0.15) is 21.5 Å². The van der Waals surface area contributed by atoms with E-state index in [-0.39, 0.29) is 5.91 Å². The molecule has 6 heteroatoms. The Balaban J connectivity index is 1.77. The summed E-state index contributed by atoms with van der Waals surface area (Å²) in [5.74, 6) is -0.143. The quantitative estimate of drug-likeness (QED) is 0.805. The molecule has 2 aromatic carbocycles. The number of hydrogen-bond acceptors (Lipinski definition) is 4. The molecule has 0 unspecified atom stereocenters. The third-order valence-electron chi connectivity index (χ3n) is 3.37. The largest absolute Gasteiger partial charge is 0.322 e. The number of aryl methyl sites for hydroxylation is 2. The lowest BCUT2D eigenvalue weighted by atomic mass is 10.1. The zero-order valence-electron chi connectivity index (χ0n) is 12.3. The number of carbonyl (C=O) groups is 1. The lowest BCUT2D eigenvalue weighted by Gasteiger charge is -2.09. The first-order valence-corrected chi connectivity index (χ1v) is 6.85. The summed E-state index contributed by atoms with van der Waals surface area (Å²) in [4.78, 5) is 12.3. The van der Waals surface area contributed by atoms with E-state index in [2.05, 4.69) is 20.8 Å². The minimum Gasteiger partial charge on any atom is -0.322 e. The van der Waals surface area contributed by atoms with Gasteiger partial charge in [0.15, 0.2) is 0 Å². The number of amides is 1. The van der Waals surface area contributed by atoms with Gasteiger partial charge < -0.3 is 5.32 Å². The third-order valence-corrected chi connectivity index (χ3v) is 3.37. The molecule has 0 aliphatic rings. The van der Waals surface area contributed by atoms with Gasteiger partial charge in [0.1, 0.15) is 6.33 Å². The molecule has 1 aromatic heterocycles. The molecule has 22 heavy (non-hydrogen) atoms. The summed E-state index contributed by atoms with van der Waals surface area (Å²) >= 11 is 0. The van der Waals surface area contributed by atoms with Gasteiger partial charge >= 0.3 is 0 Å². The first-order chi connectivity index (χ1) is 10.6. The number of nitrogens with one attached hydrogen (secondary N) is 1. The van der Waals surface area contributed by atoms with Crippen molar-refractivity contribution in [1.29, 1.82) is 0 Å². The Bertz CT molecular complexity index is 794. The van der Waals surface area contributed by atoms with Crippen molar-refractivity contribution in [3.8, 4) is 5.69 Å². The molecule has 0 aliphatic heterocycles. The number of tetrazole rings is 1. The molecule has 0 spiro atoms. The Hall–Kier alpha value is -3.02. The zero-order valence-corrected chi connectivity index (χ0v) is 12.3. The molecule has 0 radical (unpaired) electrons. The van der Waals surface area contributed by atoms with Crippen LogP contribution >= 0.6 is 0 Å². The zero-order chi connectivity index (χ0) is 15.5. The predicted octanol–water partition coefficient (Wildman–Crippen LogP) is 2.53. The molecular formula is C16H15N5O. The van der Waals surface area contributed by atoms with Crippen molar-refractivity contribution in [3.05, 3.63) is 65.5 Å². The second-order valence-electron chi connectivity index (χ2n) is 5.07. The summed E-state index contributed by atoms with van der Waals surface area (Å²) in [6.45, 7) is 4.00. The summed E-state index contributed by atoms with van der Waals surface area (Å²) < 4.78 is 1.53. The van der Waals surface area contributed by atoms with Gasteiger partial charge in [-0.1, -0.05) is 17.7 Å². The van der Waals surface area contributed by atoms with Gasteiger partial charge in [-0.3, -0.25) is 4.79 Å². The summed E-state index contributed by atoms with van der Waals surface area (Å²) in [5.41, 5.74) is 4.41. The van der Waals surface area contributed by atoms with Crippen molar-refractivity contribution >= 4 is 11.6 Å². The normalized spacial score (nSPS) is 10.5. The Kier molecular flexibility index (Phi) is 3.65. The maximum absolute atomic E-state index is 12.3. The number of anilines is 1. The number of aromatic nitrogens is 4. The molecule has 3 rings (SSSR count). The number of hydrogen-bond donors (Lipinski definition) is 1. The highest BCUT2D eigenvalue weighted by molar-refractivity contribution is 6.04. The van der Waals surface area contributed by atoms with Crippen molar-refractivity contribution in [3.63, 3.8) is 0 Å². The first-order valence-electron chi connectivity index (χ1n) is 6.85. The van der Waals surface area contributed by atoms with Crippen LogP contribution in [0.5, 0.6) is 0 Å². The van der Waals surface area contributed by atoms with Gasteiger partial charge in [-0.05, 0) is 60.2 Å². The van der Waals surface area contributed by atoms with Gasteiger partial charge in [0.05, 0.1) is 5.69 Å². The van der Waals surface area contributed by atoms with E-state index in [4.69, 9.17) is 0 Å². The van der Waals surface area contributed by atoms with E-state index in [1.807, 2.05) is 32.0 Å². The van der Waals surface area contributed by atoms with Crippen molar-refractivity contribution in [1.82, 2.24) is 20.2 Å². The maximum atomic E-state index is 12.3. The van der Waals surface area contributed by atoms with Crippen molar-refractivity contribution in [2.24, 2.45) is 0 Å². The van der Waals surface area contributed by atoms with Gasteiger partial charge in [0.25, 0.3) is 5.91 Å². The van der Waals surface area contributed by atoms with Crippen LogP contribution in [0.25, 0.3) is 5.69 Å². The van der Waals surface area contributed by atoms with Crippen LogP contribution in [0.3, 0.4) is 0 Å². The molecule has 1 N–H and O–H groups in total. The lowest BCUT2D eigenvalue weighted by molar-refractivity contribution is 0.102. The van der Waals surface area contributed by atoms with E-state index in [1.54, 1.807) is 24.3 Å². The summed E-state index contributed by atoms with van der Waals surface area (Å²) in [7, 11) is 0. The molecule has 0 saturated carbocycles. The summed E-state index contributed by atoms with van der Waals surface area (Å²) in [6.07, 6.45) is 1.50. The van der Waals surface area contributed by atoms with Gasteiger partial charge in [0, 0.05) is 11.3 Å². The standard InChI is InChI=1S/C16H15N5O/c1-11-3-8-15(12(2)9-11)18-16(22)13-4-6-14(7-5-13)21-10-17-19-20-21/h3-10H,1-2H3,(H,18,22). The van der Waals surface area contributed by atoms with Gasteiger partial charge in [-0.25, -0.2) is 4.68 Å². The van der Waals surface area contributed by atoms with Crippen LogP contribution in [0.15, 0.2) is 48.8 Å². The van der Waals surface area contributed by atoms with Crippen LogP contribution in [0.4, 0.5) is 5.69 Å². The summed E-state index contributed by atoms with van der Waals surface area (Å²) in [6, 6.07) is 13.0. The maximum Gasteiger partial charge on any atom is 0.255 e. The van der Waals surface area contributed by atoms with E-state index in [1.165, 1.54) is 16.6 Å². The monoisotopic (exact) mass is 293 g/mol. The average molecular weight is 293 g/mol. The van der Waals surface area contributed by atoms with E-state index in [9.17, 15) is 4.79 Å². The minimum absolute atomic E-state index is 0.143. The smallest absolute Gasteiger partial charge is 0.255 e. The highest BCUT2D eigenvalue weighted by Gasteiger charge is 2.08. The first kappa shape index (κ1) is 13.9. The van der Waals surface area contributed by atoms with Crippen LogP contribution in [0, 0.1) is 13.8 Å². The molecule has 1 heterocycles. The molecule has 0 atom stereocenters. The molecule has 0 saturated heterocycles. The van der Waals surface area contributed by atoms with E-state index >= 15 is 0 Å². The van der Waals surface area contributed by atoms with Crippen LogP contribution < -0.4 is 5.32 Å². The second-order valence-corrected chi connectivity index (χ2v) is 5.07. The van der Waals surface area contributed by atoms with Gasteiger partial charge in [-0.15, -0.1) is 5.10 Å². The number of nitrogens with zero attached hydrogens (tertiary/aromatic N) is 4. The molecule has 6 nitrogen and oxygen atoms in total. The van der Waals surface area contributed by atoms with E-state index in [0.29, 0.717) is 5.56 Å². The second kappa shape index (κ2) is 5.77. The van der Waals surface area contributed by atoms with Crippen molar-refractivity contribution < 1.29 is 4.79 Å². The topological polar surface area (TPSA) is 72.7 Å². The SMILES string of the molecule is Cc1ccc(NC(=O)c2ccc(-n3cnnn3)cc2)c(C)c1. The summed E-state index contributed by atoms with van der Waals surface area (Å²) in [5, 5.41) is 13.9. The molecule has 0 bridgehead atoms. The fourth-order valence-electron chi connectivity index (χ4n) is 2.19. The Morgan fingerprint density at radius 1 is 1.09 bits per heavy atom. The highest BCUT2D eigenvalue weighted by Crippen LogP contribution is 2.17. The third kappa shape index (κ3) is 2.85. The lowest BCUT2D eigenvalue weighted by Crippen LogP contribution is -2.13. The predicted molar refractivity (Wildman–Crippen MR) is 83.0 cm³/mol. The van der Waals surface area contributed by atoms with Crippen LogP contribution in [-0.2, 0) is 0 Å². The van der Waals surface area contributed by atoms with Crippen LogP contribution in [0.2, 0.25) is 0 Å². The Morgan fingerprint density at radius 2 is 1.86 bits per heavy atom. The Morgan fingerprint density at radius 3 is 2.50 bits per heavy atom. The fourth-order valence-corrected chi connectivity index (χ4v) is 2.19. The van der Waals surface area contributed by atoms with E-state index in [0.717, 1.165) is 16.9 Å². The fraction of sp³-hybridized carbons (Fsp3) is 0.125. The van der Waals surface area contributed by atoms with Gasteiger partial charge in [0.2, 0.25) is 0 Å². The molecular weight excluding hydrogens is 278 g/mol. The number of benzene rings is 2. The van der Waals surface area contributed by atoms with Gasteiger partial charge in [-0.2, -0.15) is 0 Å². The van der Waals surface area contributed by atoms with Crippen molar-refractivity contribution in [2.75, 3.05) is 5.32 Å². The average Bonchev–Trinajstić information content (AvgIpc) is 3.04. The number of rotatable bonds is 3. The Labute approximate surface area is 127 Å².